The first-order valence-corrected chi connectivity index (χ1v) is 10.1. The van der Waals surface area contributed by atoms with Gasteiger partial charge in [-0.15, -0.1) is 0 Å². The van der Waals surface area contributed by atoms with Crippen LogP contribution in [0.15, 0.2) is 0 Å². The largest absolute Gasteiger partial charge is 0.438 e. The van der Waals surface area contributed by atoms with Gasteiger partial charge in [0.2, 0.25) is 0 Å². The van der Waals surface area contributed by atoms with Crippen LogP contribution in [-0.2, 0) is 8.54 Å². The maximum absolute atomic E-state index is 6.01. The zero-order valence-electron chi connectivity index (χ0n) is 8.43. The van der Waals surface area contributed by atoms with Crippen molar-refractivity contribution in [2.45, 2.75) is 44.9 Å². The summed E-state index contributed by atoms with van der Waals surface area (Å²) in [5.74, 6) is 0. The topological polar surface area (TPSA) is 18.5 Å². The normalized spacial score (nSPS) is 31.8. The molecule has 1 saturated heterocycles. The maximum atomic E-state index is 6.01. The summed E-state index contributed by atoms with van der Waals surface area (Å²) in [5.41, 5.74) is 0. The molecule has 1 heterocycles. The Morgan fingerprint density at radius 3 is 2.67 bits per heavy atom. The van der Waals surface area contributed by atoms with Gasteiger partial charge in [-0.1, -0.05) is 12.8 Å². The van der Waals surface area contributed by atoms with E-state index in [9.17, 15) is 0 Å². The first-order chi connectivity index (χ1) is 5.60. The molecule has 0 aromatic carbocycles. The monoisotopic (exact) mass is 204 g/mol. The molecule has 0 bridgehead atoms. The van der Waals surface area contributed by atoms with Gasteiger partial charge in [0.15, 0.2) is 8.32 Å². The number of hydrogen-bond donors (Lipinski definition) is 0. The smallest absolute Gasteiger partial charge is 0.307 e. The van der Waals surface area contributed by atoms with Crippen molar-refractivity contribution in [1.82, 2.24) is 0 Å². The second kappa shape index (κ2) is 4.55. The van der Waals surface area contributed by atoms with Crippen molar-refractivity contribution in [2.75, 3.05) is 6.61 Å². The minimum Gasteiger partial charge on any atom is -0.438 e. The van der Waals surface area contributed by atoms with Crippen molar-refractivity contribution >= 4 is 17.6 Å². The molecule has 0 spiro atoms. The van der Waals surface area contributed by atoms with Crippen LogP contribution < -0.4 is 0 Å². The Bertz CT molecular complexity index is 139. The molecule has 1 unspecified atom stereocenters. The number of hydrogen-bond acceptors (Lipinski definition) is 2. The van der Waals surface area contributed by atoms with Crippen molar-refractivity contribution in [3.05, 3.63) is 0 Å². The van der Waals surface area contributed by atoms with Crippen molar-refractivity contribution in [3.8, 4) is 0 Å². The van der Waals surface area contributed by atoms with Gasteiger partial charge in [-0.2, -0.15) is 0 Å². The fourth-order valence-corrected chi connectivity index (χ4v) is 7.56. The van der Waals surface area contributed by atoms with E-state index in [2.05, 4.69) is 19.6 Å². The van der Waals surface area contributed by atoms with Gasteiger partial charge in [-0.3, -0.25) is 0 Å². The Balaban J connectivity index is 2.44. The Morgan fingerprint density at radius 1 is 1.17 bits per heavy atom. The molecule has 1 fully saturated rings. The third-order valence-electron chi connectivity index (χ3n) is 2.26. The molecule has 0 amide bonds. The van der Waals surface area contributed by atoms with Crippen molar-refractivity contribution in [2.24, 2.45) is 0 Å². The maximum Gasteiger partial charge on any atom is 0.307 e. The standard InChI is InChI=1S/C8H20O2Si2/c1-11-9-7-5-4-6-8-12(2,3)10-11/h11H,4-8H2,1-3H3. The average molecular weight is 204 g/mol. The van der Waals surface area contributed by atoms with Crippen LogP contribution in [0, 0.1) is 0 Å². The summed E-state index contributed by atoms with van der Waals surface area (Å²) in [6.07, 6.45) is 3.88. The van der Waals surface area contributed by atoms with E-state index in [0.717, 1.165) is 6.61 Å². The fraction of sp³-hybridized carbons (Fsp3) is 1.00. The minimum atomic E-state index is -1.33. The first-order valence-electron chi connectivity index (χ1n) is 4.90. The SMILES string of the molecule is C[SiH]1OCCCCC[Si](C)(C)O1. The molecule has 0 N–H and O–H groups in total. The van der Waals surface area contributed by atoms with E-state index >= 15 is 0 Å². The third-order valence-corrected chi connectivity index (χ3v) is 8.40. The van der Waals surface area contributed by atoms with Crippen molar-refractivity contribution < 1.29 is 8.54 Å². The molecule has 0 aromatic rings. The zero-order chi connectivity index (χ0) is 9.03. The summed E-state index contributed by atoms with van der Waals surface area (Å²) < 4.78 is 11.7. The molecule has 72 valence electrons. The fourth-order valence-electron chi connectivity index (χ4n) is 1.62. The zero-order valence-corrected chi connectivity index (χ0v) is 10.6. The molecule has 0 aliphatic carbocycles. The Labute approximate surface area is 78.2 Å². The van der Waals surface area contributed by atoms with E-state index in [0.29, 0.717) is 0 Å². The van der Waals surface area contributed by atoms with Gasteiger partial charge in [0, 0.05) is 6.61 Å². The van der Waals surface area contributed by atoms with Gasteiger partial charge in [-0.25, -0.2) is 0 Å². The Kier molecular flexibility index (Phi) is 3.96. The van der Waals surface area contributed by atoms with E-state index < -0.39 is 17.6 Å². The van der Waals surface area contributed by atoms with E-state index in [-0.39, 0.29) is 0 Å². The summed E-state index contributed by atoms with van der Waals surface area (Å²) in [7, 11) is -2.59. The molecule has 0 saturated carbocycles. The van der Waals surface area contributed by atoms with Crippen LogP contribution in [-0.4, -0.2) is 24.2 Å². The predicted octanol–water partition coefficient (Wildman–Crippen LogP) is 2.26. The van der Waals surface area contributed by atoms with Gasteiger partial charge >= 0.3 is 9.28 Å². The highest BCUT2D eigenvalue weighted by atomic mass is 28.4. The molecule has 0 aromatic heterocycles. The van der Waals surface area contributed by atoms with Crippen LogP contribution in [0.1, 0.15) is 19.3 Å². The Morgan fingerprint density at radius 2 is 1.92 bits per heavy atom. The molecular formula is C8H20O2Si2. The molecular weight excluding hydrogens is 184 g/mol. The van der Waals surface area contributed by atoms with Gasteiger partial charge in [0.1, 0.15) is 0 Å². The molecule has 1 atom stereocenters. The summed E-state index contributed by atoms with van der Waals surface area (Å²) in [6, 6.07) is 1.31. The highest BCUT2D eigenvalue weighted by Gasteiger charge is 2.26. The summed E-state index contributed by atoms with van der Waals surface area (Å²) in [6.45, 7) is 7.70. The van der Waals surface area contributed by atoms with E-state index in [4.69, 9.17) is 8.54 Å². The van der Waals surface area contributed by atoms with Gasteiger partial charge < -0.3 is 8.54 Å². The number of rotatable bonds is 0. The summed E-state index contributed by atoms with van der Waals surface area (Å²) in [5, 5.41) is 0. The van der Waals surface area contributed by atoms with Gasteiger partial charge in [-0.05, 0) is 32.1 Å². The van der Waals surface area contributed by atoms with Crippen molar-refractivity contribution in [1.29, 1.82) is 0 Å². The quantitative estimate of drug-likeness (QED) is 0.564. The van der Waals surface area contributed by atoms with E-state index in [1.54, 1.807) is 0 Å². The molecule has 4 heteroatoms. The van der Waals surface area contributed by atoms with Crippen LogP contribution in [0.3, 0.4) is 0 Å². The predicted molar refractivity (Wildman–Crippen MR) is 56.2 cm³/mol. The molecule has 1 aliphatic rings. The molecule has 1 rings (SSSR count). The average Bonchev–Trinajstić information content (AvgIpc) is 1.99. The second-order valence-electron chi connectivity index (χ2n) is 4.13. The lowest BCUT2D eigenvalue weighted by molar-refractivity contribution is 0.266. The molecule has 1 aliphatic heterocycles. The highest BCUT2D eigenvalue weighted by Crippen LogP contribution is 2.19. The third kappa shape index (κ3) is 3.84. The van der Waals surface area contributed by atoms with E-state index in [1.165, 1.54) is 25.3 Å². The lowest BCUT2D eigenvalue weighted by atomic mass is 10.3. The minimum absolute atomic E-state index is 0.928. The van der Waals surface area contributed by atoms with Crippen LogP contribution in [0.5, 0.6) is 0 Å². The highest BCUT2D eigenvalue weighted by molar-refractivity contribution is 6.76. The molecule has 2 nitrogen and oxygen atoms in total. The van der Waals surface area contributed by atoms with Crippen LogP contribution >= 0.6 is 0 Å². The van der Waals surface area contributed by atoms with Crippen LogP contribution in [0.2, 0.25) is 25.7 Å². The Hall–Kier alpha value is 0.354. The first kappa shape index (κ1) is 10.4. The van der Waals surface area contributed by atoms with Crippen molar-refractivity contribution in [3.63, 3.8) is 0 Å². The molecule has 12 heavy (non-hydrogen) atoms. The van der Waals surface area contributed by atoms with Crippen LogP contribution in [0.4, 0.5) is 0 Å². The van der Waals surface area contributed by atoms with Crippen LogP contribution in [0.25, 0.3) is 0 Å². The molecule has 0 radical (unpaired) electrons. The van der Waals surface area contributed by atoms with E-state index in [1.807, 2.05) is 0 Å². The van der Waals surface area contributed by atoms with Gasteiger partial charge in [0.05, 0.1) is 0 Å². The summed E-state index contributed by atoms with van der Waals surface area (Å²) in [4.78, 5) is 0. The lowest BCUT2D eigenvalue weighted by Crippen LogP contribution is -2.37. The lowest BCUT2D eigenvalue weighted by Gasteiger charge is -2.25. The second-order valence-corrected chi connectivity index (χ2v) is 10.6. The van der Waals surface area contributed by atoms with Gasteiger partial charge in [0.25, 0.3) is 0 Å². The summed E-state index contributed by atoms with van der Waals surface area (Å²) >= 11 is 0.